The average Bonchev–Trinajstić information content (AvgIpc) is 2.86. The van der Waals surface area contributed by atoms with Crippen LogP contribution in [0.4, 0.5) is 0 Å². The molecule has 3 aromatic rings. The van der Waals surface area contributed by atoms with Gasteiger partial charge in [-0.15, -0.1) is 10.2 Å². The fourth-order valence-electron chi connectivity index (χ4n) is 2.00. The van der Waals surface area contributed by atoms with Crippen LogP contribution in [0.2, 0.25) is 0 Å². The van der Waals surface area contributed by atoms with E-state index in [1.807, 2.05) is 48.7 Å². The van der Waals surface area contributed by atoms with Crippen molar-refractivity contribution < 1.29 is 4.74 Å². The highest BCUT2D eigenvalue weighted by Gasteiger charge is 2.02. The first-order chi connectivity index (χ1) is 9.22. The molecule has 96 valence electrons. The molecule has 0 aliphatic rings. The molecule has 0 fully saturated rings. The first-order valence-corrected chi connectivity index (χ1v) is 6.29. The molecule has 4 heteroatoms. The van der Waals surface area contributed by atoms with Crippen molar-refractivity contribution in [3.05, 3.63) is 48.9 Å². The van der Waals surface area contributed by atoms with Crippen LogP contribution in [0.3, 0.4) is 0 Å². The monoisotopic (exact) mass is 253 g/mol. The summed E-state index contributed by atoms with van der Waals surface area (Å²) in [6.45, 7) is 4.04. The SMILES string of the molecule is CC(C)Oc1ccc(-c2ccc3nncn3c2)cc1. The van der Waals surface area contributed by atoms with E-state index in [0.717, 1.165) is 22.5 Å². The Hall–Kier alpha value is -2.36. The van der Waals surface area contributed by atoms with E-state index < -0.39 is 0 Å². The molecule has 0 aliphatic carbocycles. The maximum Gasteiger partial charge on any atom is 0.160 e. The van der Waals surface area contributed by atoms with Crippen LogP contribution in [-0.2, 0) is 0 Å². The lowest BCUT2D eigenvalue weighted by atomic mass is 10.1. The van der Waals surface area contributed by atoms with Gasteiger partial charge < -0.3 is 4.74 Å². The first kappa shape index (κ1) is 11.7. The van der Waals surface area contributed by atoms with Crippen molar-refractivity contribution in [1.82, 2.24) is 14.6 Å². The van der Waals surface area contributed by atoms with E-state index in [0.29, 0.717) is 0 Å². The minimum Gasteiger partial charge on any atom is -0.491 e. The van der Waals surface area contributed by atoms with Crippen molar-refractivity contribution in [1.29, 1.82) is 0 Å². The molecule has 0 N–H and O–H groups in total. The van der Waals surface area contributed by atoms with Crippen LogP contribution in [-0.4, -0.2) is 20.7 Å². The van der Waals surface area contributed by atoms with Crippen molar-refractivity contribution >= 4 is 5.65 Å². The molecule has 0 saturated heterocycles. The summed E-state index contributed by atoms with van der Waals surface area (Å²) in [5.41, 5.74) is 3.12. The predicted molar refractivity (Wildman–Crippen MR) is 74.2 cm³/mol. The Morgan fingerprint density at radius 1 is 1.00 bits per heavy atom. The van der Waals surface area contributed by atoms with Gasteiger partial charge >= 0.3 is 0 Å². The van der Waals surface area contributed by atoms with Crippen LogP contribution in [0, 0.1) is 0 Å². The fraction of sp³-hybridized carbons (Fsp3) is 0.200. The second kappa shape index (κ2) is 4.72. The zero-order valence-corrected chi connectivity index (χ0v) is 10.9. The number of fused-ring (bicyclic) bond motifs is 1. The van der Waals surface area contributed by atoms with Crippen LogP contribution in [0.1, 0.15) is 13.8 Å². The van der Waals surface area contributed by atoms with Crippen molar-refractivity contribution in [3.8, 4) is 16.9 Å². The van der Waals surface area contributed by atoms with E-state index in [-0.39, 0.29) is 6.10 Å². The maximum atomic E-state index is 5.64. The molecule has 1 aromatic carbocycles. The van der Waals surface area contributed by atoms with Gasteiger partial charge in [0.25, 0.3) is 0 Å². The van der Waals surface area contributed by atoms with Gasteiger partial charge in [-0.1, -0.05) is 12.1 Å². The smallest absolute Gasteiger partial charge is 0.160 e. The second-order valence-electron chi connectivity index (χ2n) is 4.71. The summed E-state index contributed by atoms with van der Waals surface area (Å²) in [4.78, 5) is 0. The van der Waals surface area contributed by atoms with Gasteiger partial charge in [0.1, 0.15) is 12.1 Å². The van der Waals surface area contributed by atoms with Gasteiger partial charge in [-0.25, -0.2) is 0 Å². The Balaban J connectivity index is 1.92. The zero-order valence-electron chi connectivity index (χ0n) is 10.9. The van der Waals surface area contributed by atoms with E-state index in [2.05, 4.69) is 22.3 Å². The number of hydrogen-bond donors (Lipinski definition) is 0. The van der Waals surface area contributed by atoms with Crippen LogP contribution < -0.4 is 4.74 Å². The van der Waals surface area contributed by atoms with Crippen molar-refractivity contribution in [2.24, 2.45) is 0 Å². The summed E-state index contributed by atoms with van der Waals surface area (Å²) >= 11 is 0. The summed E-state index contributed by atoms with van der Waals surface area (Å²) < 4.78 is 7.55. The molecule has 2 heterocycles. The third-order valence-corrected chi connectivity index (χ3v) is 2.85. The molecule has 0 radical (unpaired) electrons. The van der Waals surface area contributed by atoms with E-state index in [4.69, 9.17) is 4.74 Å². The lowest BCUT2D eigenvalue weighted by molar-refractivity contribution is 0.242. The third kappa shape index (κ3) is 2.42. The Morgan fingerprint density at radius 2 is 1.74 bits per heavy atom. The van der Waals surface area contributed by atoms with Gasteiger partial charge in [-0.2, -0.15) is 0 Å². The van der Waals surface area contributed by atoms with Gasteiger partial charge in [0.2, 0.25) is 0 Å². The topological polar surface area (TPSA) is 39.4 Å². The lowest BCUT2D eigenvalue weighted by Crippen LogP contribution is -2.05. The number of pyridine rings is 1. The van der Waals surface area contributed by atoms with E-state index >= 15 is 0 Å². The largest absolute Gasteiger partial charge is 0.491 e. The minimum absolute atomic E-state index is 0.194. The number of hydrogen-bond acceptors (Lipinski definition) is 3. The van der Waals surface area contributed by atoms with E-state index in [1.165, 1.54) is 0 Å². The molecule has 0 bridgehead atoms. The third-order valence-electron chi connectivity index (χ3n) is 2.85. The van der Waals surface area contributed by atoms with Crippen LogP contribution >= 0.6 is 0 Å². The highest BCUT2D eigenvalue weighted by molar-refractivity contribution is 5.65. The van der Waals surface area contributed by atoms with Crippen molar-refractivity contribution in [3.63, 3.8) is 0 Å². The molecule has 0 unspecified atom stereocenters. The Morgan fingerprint density at radius 3 is 2.47 bits per heavy atom. The molecule has 3 rings (SSSR count). The quantitative estimate of drug-likeness (QED) is 0.719. The predicted octanol–water partition coefficient (Wildman–Crippen LogP) is 3.18. The van der Waals surface area contributed by atoms with Crippen molar-refractivity contribution in [2.75, 3.05) is 0 Å². The molecule has 19 heavy (non-hydrogen) atoms. The Labute approximate surface area is 111 Å². The number of benzene rings is 1. The first-order valence-electron chi connectivity index (χ1n) is 6.29. The summed E-state index contributed by atoms with van der Waals surface area (Å²) in [5, 5.41) is 7.87. The second-order valence-corrected chi connectivity index (χ2v) is 4.71. The average molecular weight is 253 g/mol. The van der Waals surface area contributed by atoms with Gasteiger partial charge in [-0.05, 0) is 49.2 Å². The standard InChI is InChI=1S/C15H15N3O/c1-11(2)19-14-6-3-12(4-7-14)13-5-8-15-17-16-10-18(15)9-13/h3-11H,1-2H3. The normalized spacial score (nSPS) is 11.1. The molecule has 2 aromatic heterocycles. The number of ether oxygens (including phenoxy) is 1. The lowest BCUT2D eigenvalue weighted by Gasteiger charge is -2.10. The fourth-order valence-corrected chi connectivity index (χ4v) is 2.00. The maximum absolute atomic E-state index is 5.64. The number of aromatic nitrogens is 3. The van der Waals surface area contributed by atoms with E-state index in [1.54, 1.807) is 6.33 Å². The molecule has 0 amide bonds. The van der Waals surface area contributed by atoms with Crippen LogP contribution in [0.5, 0.6) is 5.75 Å². The molecule has 0 aliphatic heterocycles. The molecular formula is C15H15N3O. The molecule has 0 atom stereocenters. The minimum atomic E-state index is 0.194. The highest BCUT2D eigenvalue weighted by atomic mass is 16.5. The molecular weight excluding hydrogens is 238 g/mol. The van der Waals surface area contributed by atoms with Gasteiger partial charge in [-0.3, -0.25) is 4.40 Å². The molecule has 0 spiro atoms. The van der Waals surface area contributed by atoms with Gasteiger partial charge in [0.15, 0.2) is 5.65 Å². The molecule has 0 saturated carbocycles. The summed E-state index contributed by atoms with van der Waals surface area (Å²) in [6.07, 6.45) is 3.92. The Bertz CT molecular complexity index is 686. The Kier molecular flexibility index (Phi) is 2.91. The zero-order chi connectivity index (χ0) is 13.2. The van der Waals surface area contributed by atoms with Crippen molar-refractivity contribution in [2.45, 2.75) is 20.0 Å². The molecule has 4 nitrogen and oxygen atoms in total. The van der Waals surface area contributed by atoms with E-state index in [9.17, 15) is 0 Å². The number of nitrogens with zero attached hydrogens (tertiary/aromatic N) is 3. The number of rotatable bonds is 3. The van der Waals surface area contributed by atoms with Crippen LogP contribution in [0.15, 0.2) is 48.9 Å². The summed E-state index contributed by atoms with van der Waals surface area (Å²) in [5.74, 6) is 0.893. The highest BCUT2D eigenvalue weighted by Crippen LogP contribution is 2.23. The summed E-state index contributed by atoms with van der Waals surface area (Å²) in [7, 11) is 0. The van der Waals surface area contributed by atoms with Gasteiger partial charge in [0, 0.05) is 6.20 Å². The summed E-state index contributed by atoms with van der Waals surface area (Å²) in [6, 6.07) is 12.1. The van der Waals surface area contributed by atoms with Crippen LogP contribution in [0.25, 0.3) is 16.8 Å². The van der Waals surface area contributed by atoms with Gasteiger partial charge in [0.05, 0.1) is 6.10 Å².